The Morgan fingerprint density at radius 2 is 1.87 bits per heavy atom. The van der Waals surface area contributed by atoms with Crippen LogP contribution in [0.2, 0.25) is 0 Å². The highest BCUT2D eigenvalue weighted by Crippen LogP contribution is 2.45. The minimum Gasteiger partial charge on any atom is -0.488 e. The second kappa shape index (κ2) is 3.77. The molecule has 0 bridgehead atoms. The molecule has 0 spiro atoms. The SMILES string of the molecule is OC1(c2ccc(OCC(F)F)cc2)CC1. The molecule has 1 fully saturated rings. The minimum absolute atomic E-state index is 0.406. The first-order chi connectivity index (χ1) is 7.10. The molecule has 2 rings (SSSR count). The van der Waals surface area contributed by atoms with Crippen LogP contribution in [0.5, 0.6) is 5.75 Å². The fourth-order valence-corrected chi connectivity index (χ4v) is 1.43. The van der Waals surface area contributed by atoms with E-state index in [0.29, 0.717) is 5.75 Å². The lowest BCUT2D eigenvalue weighted by molar-refractivity contribution is 0.0818. The molecule has 4 heteroatoms. The van der Waals surface area contributed by atoms with Crippen molar-refractivity contribution < 1.29 is 18.6 Å². The molecule has 1 aliphatic carbocycles. The molecule has 82 valence electrons. The van der Waals surface area contributed by atoms with Gasteiger partial charge in [-0.05, 0) is 30.5 Å². The van der Waals surface area contributed by atoms with Gasteiger partial charge in [0, 0.05) is 0 Å². The molecule has 0 saturated heterocycles. The van der Waals surface area contributed by atoms with Gasteiger partial charge in [-0.2, -0.15) is 0 Å². The van der Waals surface area contributed by atoms with Gasteiger partial charge in [0.05, 0.1) is 5.60 Å². The summed E-state index contributed by atoms with van der Waals surface area (Å²) in [5.41, 5.74) is 0.147. The van der Waals surface area contributed by atoms with Crippen molar-refractivity contribution in [2.24, 2.45) is 0 Å². The number of hydrogen-bond donors (Lipinski definition) is 1. The molecule has 1 aliphatic rings. The summed E-state index contributed by atoms with van der Waals surface area (Å²) in [5.74, 6) is 0.406. The summed E-state index contributed by atoms with van der Waals surface area (Å²) < 4.78 is 28.5. The Balaban J connectivity index is 1.98. The number of hydrogen-bond acceptors (Lipinski definition) is 2. The second-order valence-electron chi connectivity index (χ2n) is 3.76. The van der Waals surface area contributed by atoms with E-state index < -0.39 is 18.6 Å². The fraction of sp³-hybridized carbons (Fsp3) is 0.455. The molecule has 0 aliphatic heterocycles. The van der Waals surface area contributed by atoms with E-state index in [4.69, 9.17) is 4.74 Å². The van der Waals surface area contributed by atoms with Crippen LogP contribution in [-0.4, -0.2) is 18.1 Å². The number of benzene rings is 1. The van der Waals surface area contributed by atoms with Crippen molar-refractivity contribution in [1.29, 1.82) is 0 Å². The molecule has 1 aromatic rings. The molecule has 0 heterocycles. The summed E-state index contributed by atoms with van der Waals surface area (Å²) in [7, 11) is 0. The van der Waals surface area contributed by atoms with Gasteiger partial charge in [-0.25, -0.2) is 8.78 Å². The highest BCUT2D eigenvalue weighted by atomic mass is 19.3. The summed E-state index contributed by atoms with van der Waals surface area (Å²) in [6.45, 7) is -0.594. The molecule has 1 N–H and O–H groups in total. The van der Waals surface area contributed by atoms with Gasteiger partial charge in [0.15, 0.2) is 0 Å². The Labute approximate surface area is 86.5 Å². The Hall–Kier alpha value is -1.16. The van der Waals surface area contributed by atoms with Crippen LogP contribution in [0.25, 0.3) is 0 Å². The van der Waals surface area contributed by atoms with E-state index in [0.717, 1.165) is 18.4 Å². The van der Waals surface area contributed by atoms with Crippen molar-refractivity contribution in [2.75, 3.05) is 6.61 Å². The van der Waals surface area contributed by atoms with Crippen LogP contribution in [0.3, 0.4) is 0 Å². The molecule has 0 atom stereocenters. The monoisotopic (exact) mass is 214 g/mol. The molecular weight excluding hydrogens is 202 g/mol. The van der Waals surface area contributed by atoms with Crippen LogP contribution in [-0.2, 0) is 5.60 Å². The summed E-state index contributed by atoms with van der Waals surface area (Å²) in [6, 6.07) is 6.64. The second-order valence-corrected chi connectivity index (χ2v) is 3.76. The molecule has 15 heavy (non-hydrogen) atoms. The number of aliphatic hydroxyl groups is 1. The van der Waals surface area contributed by atoms with Crippen LogP contribution in [0.1, 0.15) is 18.4 Å². The predicted molar refractivity (Wildman–Crippen MR) is 51.1 cm³/mol. The zero-order chi connectivity index (χ0) is 10.9. The third kappa shape index (κ3) is 2.45. The Bertz CT molecular complexity index is 331. The Morgan fingerprint density at radius 3 is 2.33 bits per heavy atom. The van der Waals surface area contributed by atoms with Crippen molar-refractivity contribution in [3.05, 3.63) is 29.8 Å². The van der Waals surface area contributed by atoms with Crippen molar-refractivity contribution in [2.45, 2.75) is 24.9 Å². The van der Waals surface area contributed by atoms with Gasteiger partial charge in [0.1, 0.15) is 12.4 Å². The highest BCUT2D eigenvalue weighted by Gasteiger charge is 2.41. The van der Waals surface area contributed by atoms with Crippen LogP contribution in [0, 0.1) is 0 Å². The van der Waals surface area contributed by atoms with Crippen molar-refractivity contribution in [3.8, 4) is 5.75 Å². The normalized spacial score (nSPS) is 17.9. The first-order valence-electron chi connectivity index (χ1n) is 4.84. The Kier molecular flexibility index (Phi) is 2.61. The first-order valence-corrected chi connectivity index (χ1v) is 4.84. The predicted octanol–water partition coefficient (Wildman–Crippen LogP) is 2.31. The van der Waals surface area contributed by atoms with Gasteiger partial charge in [-0.3, -0.25) is 0 Å². The van der Waals surface area contributed by atoms with Gasteiger partial charge < -0.3 is 9.84 Å². The average molecular weight is 214 g/mol. The third-order valence-electron chi connectivity index (χ3n) is 2.49. The lowest BCUT2D eigenvalue weighted by Gasteiger charge is -2.09. The maximum atomic E-state index is 11.8. The third-order valence-corrected chi connectivity index (χ3v) is 2.49. The van der Waals surface area contributed by atoms with Crippen LogP contribution in [0.4, 0.5) is 8.78 Å². The first kappa shape index (κ1) is 10.4. The van der Waals surface area contributed by atoms with Gasteiger partial charge in [-0.1, -0.05) is 12.1 Å². The van der Waals surface area contributed by atoms with E-state index >= 15 is 0 Å². The van der Waals surface area contributed by atoms with E-state index in [-0.39, 0.29) is 0 Å². The van der Waals surface area contributed by atoms with Crippen LogP contribution < -0.4 is 4.74 Å². The quantitative estimate of drug-likeness (QED) is 0.833. The van der Waals surface area contributed by atoms with E-state index in [2.05, 4.69) is 0 Å². The molecular formula is C11H12F2O2. The molecule has 0 aromatic heterocycles. The average Bonchev–Trinajstić information content (AvgIpc) is 2.96. The van der Waals surface area contributed by atoms with Gasteiger partial charge in [0.25, 0.3) is 6.43 Å². The van der Waals surface area contributed by atoms with E-state index in [9.17, 15) is 13.9 Å². The molecule has 0 radical (unpaired) electrons. The topological polar surface area (TPSA) is 29.5 Å². The summed E-state index contributed by atoms with van der Waals surface area (Å²) >= 11 is 0. The molecule has 1 saturated carbocycles. The van der Waals surface area contributed by atoms with Gasteiger partial charge >= 0.3 is 0 Å². The standard InChI is InChI=1S/C11H12F2O2/c12-10(13)7-15-9-3-1-8(2-4-9)11(14)5-6-11/h1-4,10,14H,5-7H2. The van der Waals surface area contributed by atoms with E-state index in [1.54, 1.807) is 24.3 Å². The van der Waals surface area contributed by atoms with Crippen molar-refractivity contribution >= 4 is 0 Å². The fourth-order valence-electron chi connectivity index (χ4n) is 1.43. The zero-order valence-electron chi connectivity index (χ0n) is 8.12. The van der Waals surface area contributed by atoms with Crippen molar-refractivity contribution in [1.82, 2.24) is 0 Å². The summed E-state index contributed by atoms with van der Waals surface area (Å²) in [6.07, 6.45) is -0.925. The molecule has 1 aromatic carbocycles. The maximum Gasteiger partial charge on any atom is 0.272 e. The zero-order valence-corrected chi connectivity index (χ0v) is 8.12. The van der Waals surface area contributed by atoms with Crippen molar-refractivity contribution in [3.63, 3.8) is 0 Å². The summed E-state index contributed by atoms with van der Waals surface area (Å²) in [4.78, 5) is 0. The summed E-state index contributed by atoms with van der Waals surface area (Å²) in [5, 5.41) is 9.75. The lowest BCUT2D eigenvalue weighted by atomic mass is 10.1. The molecule has 0 unspecified atom stereocenters. The van der Waals surface area contributed by atoms with Crippen LogP contribution >= 0.6 is 0 Å². The lowest BCUT2D eigenvalue weighted by Crippen LogP contribution is -2.07. The maximum absolute atomic E-state index is 11.8. The van der Waals surface area contributed by atoms with Gasteiger partial charge in [0.2, 0.25) is 0 Å². The minimum atomic E-state index is -2.46. The van der Waals surface area contributed by atoms with Crippen LogP contribution in [0.15, 0.2) is 24.3 Å². The molecule has 2 nitrogen and oxygen atoms in total. The number of ether oxygens (including phenoxy) is 1. The molecule has 0 amide bonds. The largest absolute Gasteiger partial charge is 0.488 e. The van der Waals surface area contributed by atoms with E-state index in [1.807, 2.05) is 0 Å². The number of halogens is 2. The number of rotatable bonds is 4. The Morgan fingerprint density at radius 1 is 1.27 bits per heavy atom. The van der Waals surface area contributed by atoms with Gasteiger partial charge in [-0.15, -0.1) is 0 Å². The smallest absolute Gasteiger partial charge is 0.272 e. The van der Waals surface area contributed by atoms with E-state index in [1.165, 1.54) is 0 Å². The highest BCUT2D eigenvalue weighted by molar-refractivity contribution is 5.33. The number of alkyl halides is 2.